The van der Waals surface area contributed by atoms with Gasteiger partial charge in [0.1, 0.15) is 5.82 Å². The number of hydrogen-bond donors (Lipinski definition) is 2. The molecule has 21 heavy (non-hydrogen) atoms. The number of carbonyl (C=O) groups excluding carboxylic acids is 1. The van der Waals surface area contributed by atoms with E-state index >= 15 is 0 Å². The summed E-state index contributed by atoms with van der Waals surface area (Å²) in [5.41, 5.74) is 0.109. The van der Waals surface area contributed by atoms with Crippen molar-refractivity contribution in [1.29, 1.82) is 0 Å². The van der Waals surface area contributed by atoms with Gasteiger partial charge in [0.15, 0.2) is 0 Å². The van der Waals surface area contributed by atoms with Crippen LogP contribution >= 0.6 is 0 Å². The zero-order valence-corrected chi connectivity index (χ0v) is 13.6. The molecule has 2 heterocycles. The van der Waals surface area contributed by atoms with Gasteiger partial charge in [-0.05, 0) is 41.5 Å². The third-order valence-corrected chi connectivity index (χ3v) is 3.15. The molecule has 1 saturated heterocycles. The molecule has 2 aliphatic rings. The Morgan fingerprint density at radius 1 is 1.14 bits per heavy atom. The lowest BCUT2D eigenvalue weighted by atomic mass is 10.1. The maximum Gasteiger partial charge on any atom is 0.317 e. The molecule has 122 valence electrons. The standard InChI is InChI=1S/C8H14N2.C7H14N2O.CH4/c1-7-9-5-6-10(7)8(2,3)4;1-7(2,3)9-5-4-8-6(9)10;/h5-6,9H,1H2,2-4H3;4-5H2,1-3H3,(H,8,10);1H4. The van der Waals surface area contributed by atoms with Gasteiger partial charge in [-0.3, -0.25) is 0 Å². The summed E-state index contributed by atoms with van der Waals surface area (Å²) >= 11 is 0. The van der Waals surface area contributed by atoms with Crippen LogP contribution in [0.1, 0.15) is 49.0 Å². The van der Waals surface area contributed by atoms with Crippen molar-refractivity contribution in [2.75, 3.05) is 13.1 Å². The first-order valence-electron chi connectivity index (χ1n) is 7.00. The van der Waals surface area contributed by atoms with Crippen molar-refractivity contribution in [3.63, 3.8) is 0 Å². The lowest BCUT2D eigenvalue weighted by Gasteiger charge is -2.31. The minimum absolute atomic E-state index is 0. The molecule has 1 fully saturated rings. The summed E-state index contributed by atoms with van der Waals surface area (Å²) in [7, 11) is 0. The van der Waals surface area contributed by atoms with Gasteiger partial charge >= 0.3 is 6.03 Å². The zero-order chi connectivity index (χ0) is 15.6. The van der Waals surface area contributed by atoms with Crippen LogP contribution in [-0.2, 0) is 0 Å². The van der Waals surface area contributed by atoms with Crippen LogP contribution in [-0.4, -0.2) is 40.0 Å². The minimum Gasteiger partial charge on any atom is -0.347 e. The van der Waals surface area contributed by atoms with Crippen LogP contribution in [0.15, 0.2) is 24.8 Å². The first kappa shape index (κ1) is 19.4. The Labute approximate surface area is 130 Å². The third-order valence-electron chi connectivity index (χ3n) is 3.15. The average molecular weight is 296 g/mol. The number of amides is 2. The fourth-order valence-corrected chi connectivity index (χ4v) is 2.11. The highest BCUT2D eigenvalue weighted by molar-refractivity contribution is 5.76. The second kappa shape index (κ2) is 6.87. The summed E-state index contributed by atoms with van der Waals surface area (Å²) in [6.07, 6.45) is 3.90. The van der Waals surface area contributed by atoms with Crippen LogP contribution in [0.25, 0.3) is 0 Å². The van der Waals surface area contributed by atoms with Crippen LogP contribution in [0.2, 0.25) is 0 Å². The van der Waals surface area contributed by atoms with Crippen LogP contribution in [0.5, 0.6) is 0 Å². The van der Waals surface area contributed by atoms with Crippen molar-refractivity contribution >= 4 is 6.03 Å². The molecule has 0 aromatic heterocycles. The molecule has 2 N–H and O–H groups in total. The van der Waals surface area contributed by atoms with Crippen LogP contribution in [0.3, 0.4) is 0 Å². The predicted octanol–water partition coefficient (Wildman–Crippen LogP) is 3.08. The predicted molar refractivity (Wildman–Crippen MR) is 89.6 cm³/mol. The number of hydrogen-bond acceptors (Lipinski definition) is 3. The molecular weight excluding hydrogens is 264 g/mol. The Balaban J connectivity index is 0.000000364. The number of rotatable bonds is 0. The maximum atomic E-state index is 11.0. The van der Waals surface area contributed by atoms with E-state index in [2.05, 4.69) is 42.9 Å². The number of carbonyl (C=O) groups is 1. The second-order valence-corrected chi connectivity index (χ2v) is 7.00. The zero-order valence-electron chi connectivity index (χ0n) is 13.6. The van der Waals surface area contributed by atoms with E-state index in [9.17, 15) is 4.79 Å². The van der Waals surface area contributed by atoms with Crippen molar-refractivity contribution in [2.24, 2.45) is 0 Å². The number of nitrogens with zero attached hydrogens (tertiary/aromatic N) is 2. The van der Waals surface area contributed by atoms with E-state index < -0.39 is 0 Å². The largest absolute Gasteiger partial charge is 0.347 e. The van der Waals surface area contributed by atoms with Gasteiger partial charge in [0, 0.05) is 36.6 Å². The first-order valence-corrected chi connectivity index (χ1v) is 7.00. The average Bonchev–Trinajstić information content (AvgIpc) is 2.85. The topological polar surface area (TPSA) is 47.6 Å². The summed E-state index contributed by atoms with van der Waals surface area (Å²) in [5, 5.41) is 5.79. The molecule has 0 aliphatic carbocycles. The van der Waals surface area contributed by atoms with Crippen LogP contribution in [0.4, 0.5) is 4.79 Å². The highest BCUT2D eigenvalue weighted by Gasteiger charge is 2.29. The molecule has 0 spiro atoms. The van der Waals surface area contributed by atoms with Crippen molar-refractivity contribution < 1.29 is 4.79 Å². The summed E-state index contributed by atoms with van der Waals surface area (Å²) in [5.74, 6) is 0.951. The van der Waals surface area contributed by atoms with Gasteiger partial charge in [0.25, 0.3) is 0 Å². The van der Waals surface area contributed by atoms with Crippen molar-refractivity contribution in [3.8, 4) is 0 Å². The van der Waals surface area contributed by atoms with Gasteiger partial charge in [0.05, 0.1) is 0 Å². The molecule has 0 atom stereocenters. The molecule has 0 aromatic carbocycles. The van der Waals surface area contributed by atoms with E-state index in [1.165, 1.54) is 0 Å². The van der Waals surface area contributed by atoms with Gasteiger partial charge < -0.3 is 20.4 Å². The minimum atomic E-state index is -0.0272. The SMILES string of the molecule is C.C=C1NC=CN1C(C)(C)C.CC(C)(C)N1CCNC1=O. The lowest BCUT2D eigenvalue weighted by Crippen LogP contribution is -2.43. The van der Waals surface area contributed by atoms with Crippen molar-refractivity contribution in [3.05, 3.63) is 24.8 Å². The summed E-state index contributed by atoms with van der Waals surface area (Å²) < 4.78 is 0. The molecule has 0 radical (unpaired) electrons. The van der Waals surface area contributed by atoms with Gasteiger partial charge in [0.2, 0.25) is 0 Å². The van der Waals surface area contributed by atoms with Gasteiger partial charge in [-0.15, -0.1) is 0 Å². The summed E-state index contributed by atoms with van der Waals surface area (Å²) in [6.45, 7) is 18.0. The Kier molecular flexibility index (Phi) is 6.33. The molecule has 0 bridgehead atoms. The third kappa shape index (κ3) is 5.33. The molecule has 0 saturated carbocycles. The molecule has 5 heteroatoms. The van der Waals surface area contributed by atoms with Crippen molar-refractivity contribution in [2.45, 2.75) is 60.0 Å². The second-order valence-electron chi connectivity index (χ2n) is 7.00. The molecule has 0 aromatic rings. The Bertz CT molecular complexity index is 399. The fourth-order valence-electron chi connectivity index (χ4n) is 2.11. The van der Waals surface area contributed by atoms with Crippen molar-refractivity contribution in [1.82, 2.24) is 20.4 Å². The molecule has 2 aliphatic heterocycles. The first-order chi connectivity index (χ1) is 9.03. The lowest BCUT2D eigenvalue weighted by molar-refractivity contribution is 0.171. The Morgan fingerprint density at radius 3 is 1.90 bits per heavy atom. The number of nitrogens with one attached hydrogen (secondary N) is 2. The van der Waals surface area contributed by atoms with E-state index in [0.29, 0.717) is 0 Å². The van der Waals surface area contributed by atoms with Gasteiger partial charge in [-0.2, -0.15) is 0 Å². The highest BCUT2D eigenvalue weighted by Crippen LogP contribution is 2.20. The van der Waals surface area contributed by atoms with E-state index in [4.69, 9.17) is 0 Å². The van der Waals surface area contributed by atoms with E-state index in [-0.39, 0.29) is 24.5 Å². The van der Waals surface area contributed by atoms with Gasteiger partial charge in [-0.25, -0.2) is 4.79 Å². The Morgan fingerprint density at radius 2 is 1.71 bits per heavy atom. The van der Waals surface area contributed by atoms with Crippen LogP contribution < -0.4 is 10.6 Å². The molecule has 2 amide bonds. The molecule has 2 rings (SSSR count). The highest BCUT2D eigenvalue weighted by atomic mass is 16.2. The molecular formula is C16H32N4O. The fraction of sp³-hybridized carbons (Fsp3) is 0.688. The maximum absolute atomic E-state index is 11.0. The van der Waals surface area contributed by atoms with E-state index in [0.717, 1.165) is 18.9 Å². The van der Waals surface area contributed by atoms with E-state index in [1.807, 2.05) is 38.1 Å². The monoisotopic (exact) mass is 296 g/mol. The normalized spacial score (nSPS) is 17.8. The Hall–Kier alpha value is -1.65. The smallest absolute Gasteiger partial charge is 0.317 e. The van der Waals surface area contributed by atoms with E-state index in [1.54, 1.807) is 0 Å². The van der Waals surface area contributed by atoms with Crippen LogP contribution in [0, 0.1) is 0 Å². The summed E-state index contributed by atoms with van der Waals surface area (Å²) in [4.78, 5) is 15.0. The quantitative estimate of drug-likeness (QED) is 0.722. The molecule has 5 nitrogen and oxygen atoms in total. The summed E-state index contributed by atoms with van der Waals surface area (Å²) in [6, 6.07) is 0.0625. The number of urea groups is 1. The molecule has 0 unspecified atom stereocenters. The van der Waals surface area contributed by atoms with Gasteiger partial charge in [-0.1, -0.05) is 14.0 Å².